The minimum Gasteiger partial charge on any atom is -0.469 e. The van der Waals surface area contributed by atoms with Crippen LogP contribution in [0.25, 0.3) is 0 Å². The van der Waals surface area contributed by atoms with E-state index in [9.17, 15) is 9.90 Å². The lowest BCUT2D eigenvalue weighted by Crippen LogP contribution is -2.29. The summed E-state index contributed by atoms with van der Waals surface area (Å²) in [6, 6.07) is 0. The fourth-order valence-corrected chi connectivity index (χ4v) is 5.84. The van der Waals surface area contributed by atoms with Gasteiger partial charge >= 0.3 is 5.97 Å². The summed E-state index contributed by atoms with van der Waals surface area (Å²) >= 11 is 0. The summed E-state index contributed by atoms with van der Waals surface area (Å²) in [5.41, 5.74) is 0. The lowest BCUT2D eigenvalue weighted by Gasteiger charge is -2.24. The number of hydrogen-bond donors (Lipinski definition) is 1. The molecule has 2 unspecified atom stereocenters. The van der Waals surface area contributed by atoms with Crippen molar-refractivity contribution in [1.82, 2.24) is 0 Å². The van der Waals surface area contributed by atoms with E-state index in [1.54, 1.807) is 0 Å². The Morgan fingerprint density at radius 2 is 0.878 bits per heavy atom. The number of carbonyl (C=O) groups excluding carboxylic acids is 1. The van der Waals surface area contributed by atoms with Crippen molar-refractivity contribution in [2.45, 2.75) is 219 Å². The largest absolute Gasteiger partial charge is 0.469 e. The molecule has 0 aromatic carbocycles. The second-order valence-electron chi connectivity index (χ2n) is 12.7. The molecule has 4 nitrogen and oxygen atoms in total. The summed E-state index contributed by atoms with van der Waals surface area (Å²) in [5.74, 6) is -0.112. The number of carbonyl (C=O) groups is 1. The third kappa shape index (κ3) is 30.6. The average Bonchev–Trinajstić information content (AvgIpc) is 2.98. The number of aliphatic hydroxyl groups excluding tert-OH is 1. The molecule has 2 atom stereocenters. The number of methoxy groups -OCH3 is 1. The molecular formula is C37H74O4. The van der Waals surface area contributed by atoms with Crippen LogP contribution in [0.15, 0.2) is 0 Å². The first-order valence-corrected chi connectivity index (χ1v) is 18.5. The van der Waals surface area contributed by atoms with E-state index in [4.69, 9.17) is 9.47 Å². The molecule has 4 heteroatoms. The van der Waals surface area contributed by atoms with Gasteiger partial charge < -0.3 is 14.6 Å². The minimum atomic E-state index is -0.346. The molecule has 0 aliphatic rings. The van der Waals surface area contributed by atoms with Crippen LogP contribution >= 0.6 is 0 Å². The van der Waals surface area contributed by atoms with Crippen LogP contribution in [0.1, 0.15) is 206 Å². The van der Waals surface area contributed by atoms with E-state index in [2.05, 4.69) is 13.8 Å². The average molecular weight is 583 g/mol. The molecule has 0 aliphatic carbocycles. The van der Waals surface area contributed by atoms with Crippen LogP contribution in [0.3, 0.4) is 0 Å². The van der Waals surface area contributed by atoms with Gasteiger partial charge in [-0.25, -0.2) is 0 Å². The van der Waals surface area contributed by atoms with Gasteiger partial charge in [0.2, 0.25) is 0 Å². The lowest BCUT2D eigenvalue weighted by molar-refractivity contribution is -0.140. The third-order valence-electron chi connectivity index (χ3n) is 8.71. The Kier molecular flexibility index (Phi) is 33.4. The summed E-state index contributed by atoms with van der Waals surface area (Å²) < 4.78 is 11.0. The first-order chi connectivity index (χ1) is 20.2. The van der Waals surface area contributed by atoms with E-state index < -0.39 is 0 Å². The van der Waals surface area contributed by atoms with Crippen molar-refractivity contribution >= 4 is 5.97 Å². The third-order valence-corrected chi connectivity index (χ3v) is 8.71. The second kappa shape index (κ2) is 33.9. The van der Waals surface area contributed by atoms with Gasteiger partial charge in [-0.2, -0.15) is 0 Å². The molecule has 0 aromatic rings. The molecule has 0 amide bonds. The first kappa shape index (κ1) is 40.4. The van der Waals surface area contributed by atoms with Gasteiger partial charge in [-0.3, -0.25) is 4.79 Å². The van der Waals surface area contributed by atoms with Crippen molar-refractivity contribution in [3.63, 3.8) is 0 Å². The smallest absolute Gasteiger partial charge is 0.305 e. The minimum absolute atomic E-state index is 0.00293. The maximum absolute atomic E-state index is 11.2. The molecule has 0 heterocycles. The Bertz CT molecular complexity index is 509. The number of aliphatic hydroxyl groups is 1. The Morgan fingerprint density at radius 1 is 0.512 bits per heavy atom. The van der Waals surface area contributed by atoms with Crippen LogP contribution in [-0.4, -0.2) is 37.0 Å². The predicted molar refractivity (Wildman–Crippen MR) is 178 cm³/mol. The molecule has 1 N–H and O–H groups in total. The molecule has 0 spiro atoms. The summed E-state index contributed by atoms with van der Waals surface area (Å²) in [7, 11) is 1.45. The zero-order valence-electron chi connectivity index (χ0n) is 28.2. The normalized spacial score (nSPS) is 13.0. The highest BCUT2D eigenvalue weighted by atomic mass is 16.5. The molecule has 0 saturated carbocycles. The number of hydrogen-bond acceptors (Lipinski definition) is 4. The van der Waals surface area contributed by atoms with Crippen molar-refractivity contribution in [1.29, 1.82) is 0 Å². The highest BCUT2D eigenvalue weighted by Crippen LogP contribution is 2.19. The fraction of sp³-hybridized carbons (Fsp3) is 0.973. The van der Waals surface area contributed by atoms with E-state index in [1.807, 2.05) is 0 Å². The lowest BCUT2D eigenvalue weighted by atomic mass is 9.99. The van der Waals surface area contributed by atoms with Crippen LogP contribution in [0, 0.1) is 0 Å². The van der Waals surface area contributed by atoms with E-state index in [0.717, 1.165) is 64.4 Å². The molecule has 0 aliphatic heterocycles. The van der Waals surface area contributed by atoms with Gasteiger partial charge in [-0.15, -0.1) is 0 Å². The topological polar surface area (TPSA) is 55.8 Å². The fourth-order valence-electron chi connectivity index (χ4n) is 5.84. The van der Waals surface area contributed by atoms with Gasteiger partial charge in [0.1, 0.15) is 0 Å². The summed E-state index contributed by atoms with van der Waals surface area (Å²) in [6.45, 7) is 5.35. The molecule has 0 aromatic heterocycles. The van der Waals surface area contributed by atoms with Crippen molar-refractivity contribution < 1.29 is 19.4 Å². The Labute approximate surface area is 257 Å². The van der Waals surface area contributed by atoms with Crippen LogP contribution in [0.4, 0.5) is 0 Å². The predicted octanol–water partition coefficient (Wildman–Crippen LogP) is 11.6. The van der Waals surface area contributed by atoms with Crippen LogP contribution < -0.4 is 0 Å². The molecule has 246 valence electrons. The molecular weight excluding hydrogens is 508 g/mol. The number of ether oxygens (including phenoxy) is 2. The van der Waals surface area contributed by atoms with Gasteiger partial charge in [0, 0.05) is 13.0 Å². The monoisotopic (exact) mass is 583 g/mol. The quantitative estimate of drug-likeness (QED) is 0.0605. The van der Waals surface area contributed by atoms with Crippen LogP contribution in [0.5, 0.6) is 0 Å². The summed E-state index contributed by atoms with van der Waals surface area (Å²) in [5, 5.41) is 10.9. The maximum atomic E-state index is 11.2. The highest BCUT2D eigenvalue weighted by molar-refractivity contribution is 5.68. The Hall–Kier alpha value is -0.610. The van der Waals surface area contributed by atoms with E-state index in [0.29, 0.717) is 6.42 Å². The van der Waals surface area contributed by atoms with Gasteiger partial charge in [0.15, 0.2) is 0 Å². The van der Waals surface area contributed by atoms with Gasteiger partial charge in [-0.1, -0.05) is 174 Å². The number of esters is 1. The van der Waals surface area contributed by atoms with Crippen LogP contribution in [-0.2, 0) is 14.3 Å². The Morgan fingerprint density at radius 3 is 1.32 bits per heavy atom. The SMILES string of the molecule is CCCCCCCCCCCCCCCCCCOC(CCCCCCCC)C(O)CCCCCCCC(=O)OC. The molecule has 0 bridgehead atoms. The second-order valence-corrected chi connectivity index (χ2v) is 12.7. The van der Waals surface area contributed by atoms with Crippen LogP contribution in [0.2, 0.25) is 0 Å². The van der Waals surface area contributed by atoms with E-state index >= 15 is 0 Å². The van der Waals surface area contributed by atoms with Crippen molar-refractivity contribution in [3.8, 4) is 0 Å². The number of unbranched alkanes of at least 4 members (excludes halogenated alkanes) is 24. The Balaban J connectivity index is 3.88. The van der Waals surface area contributed by atoms with Crippen molar-refractivity contribution in [2.24, 2.45) is 0 Å². The highest BCUT2D eigenvalue weighted by Gasteiger charge is 2.19. The zero-order valence-corrected chi connectivity index (χ0v) is 28.2. The molecule has 0 rings (SSSR count). The van der Waals surface area contributed by atoms with E-state index in [1.165, 1.54) is 136 Å². The van der Waals surface area contributed by atoms with Crippen molar-refractivity contribution in [2.75, 3.05) is 13.7 Å². The standard InChI is InChI=1S/C37H74O4/c1-4-6-8-10-12-13-14-15-16-17-18-19-20-21-26-30-34-41-36(32-28-24-11-9-7-5-2)35(38)31-27-23-22-25-29-33-37(39)40-3/h35-36,38H,4-34H2,1-3H3. The summed E-state index contributed by atoms with van der Waals surface area (Å²) in [4.78, 5) is 11.2. The molecule has 41 heavy (non-hydrogen) atoms. The zero-order chi connectivity index (χ0) is 30.1. The van der Waals surface area contributed by atoms with Gasteiger partial charge in [0.05, 0.1) is 19.3 Å². The molecule has 0 fully saturated rings. The first-order valence-electron chi connectivity index (χ1n) is 18.5. The number of rotatable bonds is 34. The maximum Gasteiger partial charge on any atom is 0.305 e. The molecule has 0 saturated heterocycles. The van der Waals surface area contributed by atoms with Gasteiger partial charge in [0.25, 0.3) is 0 Å². The molecule has 0 radical (unpaired) electrons. The van der Waals surface area contributed by atoms with Crippen molar-refractivity contribution in [3.05, 3.63) is 0 Å². The summed E-state index contributed by atoms with van der Waals surface area (Å²) in [6.07, 6.45) is 37.0. The van der Waals surface area contributed by atoms with Gasteiger partial charge in [-0.05, 0) is 25.7 Å². The van der Waals surface area contributed by atoms with E-state index in [-0.39, 0.29) is 18.2 Å².